The van der Waals surface area contributed by atoms with Gasteiger partial charge in [-0.1, -0.05) is 47.6 Å². The van der Waals surface area contributed by atoms with Crippen molar-refractivity contribution >= 4 is 17.7 Å². The Morgan fingerprint density at radius 1 is 1.04 bits per heavy atom. The van der Waals surface area contributed by atoms with Crippen LogP contribution >= 0.6 is 0 Å². The first-order valence-electron chi connectivity index (χ1n) is 8.80. The fraction of sp³-hybridized carbons (Fsp3) is 0.600. The van der Waals surface area contributed by atoms with Gasteiger partial charge in [-0.15, -0.1) is 0 Å². The number of phenols is 1. The van der Waals surface area contributed by atoms with Gasteiger partial charge in [0.05, 0.1) is 12.0 Å². The summed E-state index contributed by atoms with van der Waals surface area (Å²) in [4.78, 5) is 24.6. The van der Waals surface area contributed by atoms with Gasteiger partial charge in [-0.25, -0.2) is 4.79 Å². The van der Waals surface area contributed by atoms with Gasteiger partial charge in [0.2, 0.25) is 0 Å². The summed E-state index contributed by atoms with van der Waals surface area (Å²) in [5.41, 5.74) is -0.748. The third-order valence-electron chi connectivity index (χ3n) is 5.13. The number of nitrogens with one attached hydrogen (secondary N) is 2. The Morgan fingerprint density at radius 2 is 1.62 bits per heavy atom. The molecule has 0 saturated carbocycles. The number of benzene rings is 1. The molecule has 0 atom stereocenters. The van der Waals surface area contributed by atoms with Crippen molar-refractivity contribution in [1.82, 2.24) is 5.32 Å². The summed E-state index contributed by atoms with van der Waals surface area (Å²) in [7, 11) is 0. The van der Waals surface area contributed by atoms with E-state index in [1.54, 1.807) is 12.1 Å². The lowest BCUT2D eigenvalue weighted by Crippen LogP contribution is -2.51. The topological polar surface area (TPSA) is 87.7 Å². The molecule has 0 aliphatic carbocycles. The van der Waals surface area contributed by atoms with Crippen LogP contribution in [0.4, 0.5) is 10.5 Å². The van der Waals surface area contributed by atoms with E-state index < -0.39 is 11.4 Å². The number of ether oxygens (including phenoxy) is 1. The van der Waals surface area contributed by atoms with Crippen molar-refractivity contribution in [1.29, 1.82) is 0 Å². The zero-order valence-electron chi connectivity index (χ0n) is 16.9. The van der Waals surface area contributed by atoms with E-state index in [1.807, 2.05) is 48.5 Å². The van der Waals surface area contributed by atoms with E-state index in [0.717, 1.165) is 0 Å². The molecule has 0 heterocycles. The van der Waals surface area contributed by atoms with E-state index in [0.29, 0.717) is 5.69 Å². The highest BCUT2D eigenvalue weighted by molar-refractivity contribution is 5.89. The fourth-order valence-electron chi connectivity index (χ4n) is 2.95. The average molecular weight is 364 g/mol. The molecule has 0 aromatic heterocycles. The molecular formula is C20H32N2O4. The highest BCUT2D eigenvalue weighted by Crippen LogP contribution is 2.52. The third-order valence-corrected chi connectivity index (χ3v) is 5.13. The summed E-state index contributed by atoms with van der Waals surface area (Å²) in [5.74, 6) is -0.201. The molecule has 6 heteroatoms. The molecule has 146 valence electrons. The van der Waals surface area contributed by atoms with Crippen LogP contribution in [0.2, 0.25) is 0 Å². The van der Waals surface area contributed by atoms with Crippen molar-refractivity contribution < 1.29 is 19.4 Å². The molecule has 0 bridgehead atoms. The molecule has 0 aliphatic heterocycles. The standard InChI is InChI=1S/C20H32N2O4/c1-18(2,3)20(7,19(4,5)6)16(24)26-12-11-21-17(25)22-14-9-8-10-15(23)13-14/h8-10,13,23H,11-12H2,1-7H3,(H2,21,22,25). The minimum atomic E-state index is -0.677. The van der Waals surface area contributed by atoms with Crippen molar-refractivity contribution in [3.8, 4) is 5.75 Å². The Morgan fingerprint density at radius 3 is 2.12 bits per heavy atom. The van der Waals surface area contributed by atoms with Gasteiger partial charge in [-0.3, -0.25) is 4.79 Å². The molecule has 0 aliphatic rings. The number of rotatable bonds is 5. The number of phenolic OH excluding ortho intramolecular Hbond substituents is 1. The van der Waals surface area contributed by atoms with Crippen molar-refractivity contribution in [3.63, 3.8) is 0 Å². The maximum absolute atomic E-state index is 12.8. The minimum Gasteiger partial charge on any atom is -0.508 e. The van der Waals surface area contributed by atoms with Gasteiger partial charge in [0.25, 0.3) is 0 Å². The predicted molar refractivity (Wildman–Crippen MR) is 103 cm³/mol. The summed E-state index contributed by atoms with van der Waals surface area (Å²) in [5, 5.41) is 14.6. The van der Waals surface area contributed by atoms with Crippen LogP contribution < -0.4 is 10.6 Å². The number of esters is 1. The maximum Gasteiger partial charge on any atom is 0.319 e. The molecule has 1 aromatic carbocycles. The van der Waals surface area contributed by atoms with E-state index >= 15 is 0 Å². The van der Waals surface area contributed by atoms with Crippen LogP contribution in [-0.2, 0) is 9.53 Å². The predicted octanol–water partition coefficient (Wildman–Crippen LogP) is 4.16. The normalized spacial score (nSPS) is 12.4. The quantitative estimate of drug-likeness (QED) is 0.541. The first-order valence-corrected chi connectivity index (χ1v) is 8.80. The number of anilines is 1. The molecule has 0 spiro atoms. The Labute approximate surface area is 156 Å². The molecule has 0 radical (unpaired) electrons. The van der Waals surface area contributed by atoms with Gasteiger partial charge in [0.1, 0.15) is 12.4 Å². The smallest absolute Gasteiger partial charge is 0.319 e. The summed E-state index contributed by atoms with van der Waals surface area (Å²) < 4.78 is 5.46. The second-order valence-corrected chi connectivity index (χ2v) is 8.69. The first-order chi connectivity index (χ1) is 11.8. The SMILES string of the molecule is CC(C)(C)C(C)(C(=O)OCCNC(=O)Nc1cccc(O)c1)C(C)(C)C. The van der Waals surface area contributed by atoms with Crippen LogP contribution in [0.1, 0.15) is 48.5 Å². The second kappa shape index (κ2) is 7.98. The van der Waals surface area contributed by atoms with Crippen LogP contribution in [0.25, 0.3) is 0 Å². The summed E-state index contributed by atoms with van der Waals surface area (Å²) in [6.07, 6.45) is 0. The molecule has 6 nitrogen and oxygen atoms in total. The van der Waals surface area contributed by atoms with E-state index in [2.05, 4.69) is 10.6 Å². The van der Waals surface area contributed by atoms with E-state index in [1.165, 1.54) is 12.1 Å². The zero-order chi connectivity index (χ0) is 20.2. The van der Waals surface area contributed by atoms with Gasteiger partial charge in [0, 0.05) is 11.8 Å². The van der Waals surface area contributed by atoms with Gasteiger partial charge >= 0.3 is 12.0 Å². The maximum atomic E-state index is 12.8. The van der Waals surface area contributed by atoms with E-state index in [4.69, 9.17) is 4.74 Å². The third kappa shape index (κ3) is 5.13. The van der Waals surface area contributed by atoms with Crippen LogP contribution in [0, 0.1) is 16.2 Å². The van der Waals surface area contributed by atoms with Crippen molar-refractivity contribution in [2.75, 3.05) is 18.5 Å². The van der Waals surface area contributed by atoms with E-state index in [-0.39, 0.29) is 35.7 Å². The number of hydrogen-bond acceptors (Lipinski definition) is 4. The number of hydrogen-bond donors (Lipinski definition) is 3. The largest absolute Gasteiger partial charge is 0.508 e. The fourth-order valence-corrected chi connectivity index (χ4v) is 2.95. The summed E-state index contributed by atoms with van der Waals surface area (Å²) in [6.45, 7) is 14.4. The monoisotopic (exact) mass is 364 g/mol. The summed E-state index contributed by atoms with van der Waals surface area (Å²) >= 11 is 0. The minimum absolute atomic E-state index is 0.0698. The number of amides is 2. The van der Waals surface area contributed by atoms with Crippen molar-refractivity contribution in [2.45, 2.75) is 48.5 Å². The van der Waals surface area contributed by atoms with Crippen LogP contribution in [0.5, 0.6) is 5.75 Å². The van der Waals surface area contributed by atoms with Crippen LogP contribution in [0.15, 0.2) is 24.3 Å². The zero-order valence-corrected chi connectivity index (χ0v) is 16.9. The first kappa shape index (κ1) is 21.8. The molecule has 0 unspecified atom stereocenters. The molecule has 26 heavy (non-hydrogen) atoms. The average Bonchev–Trinajstić information content (AvgIpc) is 2.48. The number of carbonyl (C=O) groups excluding carboxylic acids is 2. The van der Waals surface area contributed by atoms with Gasteiger partial charge in [-0.05, 0) is 29.9 Å². The van der Waals surface area contributed by atoms with Gasteiger partial charge < -0.3 is 20.5 Å². The van der Waals surface area contributed by atoms with Gasteiger partial charge in [-0.2, -0.15) is 0 Å². The molecular weight excluding hydrogens is 332 g/mol. The Kier molecular flexibility index (Phi) is 6.69. The molecule has 0 saturated heterocycles. The molecule has 1 aromatic rings. The lowest BCUT2D eigenvalue weighted by atomic mass is 9.55. The van der Waals surface area contributed by atoms with Crippen LogP contribution in [0.3, 0.4) is 0 Å². The van der Waals surface area contributed by atoms with Crippen molar-refractivity contribution in [2.24, 2.45) is 16.2 Å². The number of urea groups is 1. The molecule has 2 amide bonds. The second-order valence-electron chi connectivity index (χ2n) is 8.69. The van der Waals surface area contributed by atoms with Crippen molar-refractivity contribution in [3.05, 3.63) is 24.3 Å². The highest BCUT2D eigenvalue weighted by Gasteiger charge is 2.53. The molecule has 1 rings (SSSR count). The van der Waals surface area contributed by atoms with Crippen LogP contribution in [-0.4, -0.2) is 30.3 Å². The van der Waals surface area contributed by atoms with E-state index in [9.17, 15) is 14.7 Å². The number of aromatic hydroxyl groups is 1. The number of carbonyl (C=O) groups is 2. The highest BCUT2D eigenvalue weighted by atomic mass is 16.5. The van der Waals surface area contributed by atoms with Gasteiger partial charge in [0.15, 0.2) is 0 Å². The summed E-state index contributed by atoms with van der Waals surface area (Å²) in [6, 6.07) is 5.83. The Balaban J connectivity index is 2.54. The molecule has 0 fully saturated rings. The lowest BCUT2D eigenvalue weighted by Gasteiger charge is -2.48. The Hall–Kier alpha value is -2.24. The lowest BCUT2D eigenvalue weighted by molar-refractivity contribution is -0.172. The molecule has 3 N–H and O–H groups in total. The Bertz CT molecular complexity index is 628.